The number of thiophene rings is 1. The van der Waals surface area contributed by atoms with E-state index >= 15 is 0 Å². The number of halogens is 1. The van der Waals surface area contributed by atoms with Crippen LogP contribution in [0, 0.1) is 0 Å². The lowest BCUT2D eigenvalue weighted by Crippen LogP contribution is -2.38. The molecule has 3 heterocycles. The van der Waals surface area contributed by atoms with Gasteiger partial charge in [0.05, 0.1) is 0 Å². The summed E-state index contributed by atoms with van der Waals surface area (Å²) in [4.78, 5) is 0. The van der Waals surface area contributed by atoms with Crippen molar-refractivity contribution in [2.24, 2.45) is 0 Å². The summed E-state index contributed by atoms with van der Waals surface area (Å²) < 4.78 is 26.9. The van der Waals surface area contributed by atoms with Crippen LogP contribution in [0.25, 0.3) is 0 Å². The van der Waals surface area contributed by atoms with Crippen LogP contribution in [0.4, 0.5) is 0 Å². The van der Waals surface area contributed by atoms with Crippen molar-refractivity contribution in [1.82, 2.24) is 9.62 Å². The Morgan fingerprint density at radius 1 is 1.28 bits per heavy atom. The summed E-state index contributed by atoms with van der Waals surface area (Å²) >= 11 is 1.30. The molecule has 1 aromatic rings. The van der Waals surface area contributed by atoms with Gasteiger partial charge in [0.2, 0.25) is 0 Å². The van der Waals surface area contributed by atoms with Crippen LogP contribution in [0.1, 0.15) is 19.3 Å². The summed E-state index contributed by atoms with van der Waals surface area (Å²) in [6.07, 6.45) is 3.22. The van der Waals surface area contributed by atoms with Crippen LogP contribution in [-0.4, -0.2) is 37.9 Å². The first kappa shape index (κ1) is 14.3. The van der Waals surface area contributed by atoms with Gasteiger partial charge in [-0.1, -0.05) is 6.07 Å². The van der Waals surface area contributed by atoms with Crippen molar-refractivity contribution in [2.75, 3.05) is 13.1 Å². The van der Waals surface area contributed by atoms with Crippen LogP contribution in [0.2, 0.25) is 0 Å². The highest BCUT2D eigenvalue weighted by atomic mass is 35.5. The molecule has 0 aliphatic carbocycles. The lowest BCUT2D eigenvalue weighted by Gasteiger charge is -2.22. The molecule has 2 bridgehead atoms. The van der Waals surface area contributed by atoms with Gasteiger partial charge in [0.25, 0.3) is 10.0 Å². The summed E-state index contributed by atoms with van der Waals surface area (Å²) in [5.74, 6) is 0. The van der Waals surface area contributed by atoms with Crippen LogP contribution in [0.15, 0.2) is 21.7 Å². The quantitative estimate of drug-likeness (QED) is 0.904. The van der Waals surface area contributed by atoms with Gasteiger partial charge in [0, 0.05) is 25.2 Å². The topological polar surface area (TPSA) is 49.4 Å². The smallest absolute Gasteiger partial charge is 0.252 e. The SMILES string of the molecule is Cl.O=S(=O)(c1cccs1)N1CCC2CCC(C1)N2. The highest BCUT2D eigenvalue weighted by Crippen LogP contribution is 2.26. The van der Waals surface area contributed by atoms with Crippen LogP contribution in [0.3, 0.4) is 0 Å². The van der Waals surface area contributed by atoms with Gasteiger partial charge in [-0.3, -0.25) is 0 Å². The molecule has 2 aliphatic heterocycles. The van der Waals surface area contributed by atoms with E-state index in [1.807, 2.05) is 5.38 Å². The van der Waals surface area contributed by atoms with Gasteiger partial charge in [-0.25, -0.2) is 8.42 Å². The van der Waals surface area contributed by atoms with Crippen molar-refractivity contribution in [3.8, 4) is 0 Å². The molecule has 2 fully saturated rings. The molecule has 102 valence electrons. The summed E-state index contributed by atoms with van der Waals surface area (Å²) in [5, 5.41) is 5.31. The fraction of sp³-hybridized carbons (Fsp3) is 0.636. The summed E-state index contributed by atoms with van der Waals surface area (Å²) in [5.41, 5.74) is 0. The molecule has 1 N–H and O–H groups in total. The third-order valence-corrected chi connectivity index (χ3v) is 6.81. The van der Waals surface area contributed by atoms with Crippen LogP contribution in [0.5, 0.6) is 0 Å². The van der Waals surface area contributed by atoms with E-state index in [2.05, 4.69) is 5.32 Å². The fourth-order valence-corrected chi connectivity index (χ4v) is 5.31. The Balaban J connectivity index is 0.00000120. The third-order valence-electron chi connectivity index (χ3n) is 3.58. The van der Waals surface area contributed by atoms with E-state index in [-0.39, 0.29) is 12.4 Å². The first-order chi connectivity index (χ1) is 8.16. The number of sulfonamides is 1. The molecule has 18 heavy (non-hydrogen) atoms. The van der Waals surface area contributed by atoms with Crippen molar-refractivity contribution in [1.29, 1.82) is 0 Å². The normalized spacial score (nSPS) is 28.7. The Morgan fingerprint density at radius 3 is 2.78 bits per heavy atom. The van der Waals surface area contributed by atoms with E-state index in [1.54, 1.807) is 16.4 Å². The Bertz CT molecular complexity index is 489. The number of hydrogen-bond acceptors (Lipinski definition) is 4. The highest BCUT2D eigenvalue weighted by molar-refractivity contribution is 7.91. The zero-order valence-electron chi connectivity index (χ0n) is 9.91. The van der Waals surface area contributed by atoms with E-state index in [1.165, 1.54) is 17.8 Å². The fourth-order valence-electron chi connectivity index (χ4n) is 2.67. The average Bonchev–Trinajstić information content (AvgIpc) is 2.87. The number of rotatable bonds is 2. The zero-order valence-corrected chi connectivity index (χ0v) is 12.4. The van der Waals surface area contributed by atoms with Gasteiger partial charge < -0.3 is 5.32 Å². The van der Waals surface area contributed by atoms with Crippen molar-refractivity contribution >= 4 is 33.8 Å². The molecule has 7 heteroatoms. The molecule has 2 saturated heterocycles. The number of hydrogen-bond donors (Lipinski definition) is 1. The average molecular weight is 309 g/mol. The second-order valence-corrected chi connectivity index (χ2v) is 7.83. The molecule has 2 unspecified atom stereocenters. The molecule has 4 nitrogen and oxygen atoms in total. The van der Waals surface area contributed by atoms with E-state index < -0.39 is 10.0 Å². The van der Waals surface area contributed by atoms with Gasteiger partial charge >= 0.3 is 0 Å². The minimum Gasteiger partial charge on any atom is -0.310 e. The van der Waals surface area contributed by atoms with Gasteiger partial charge in [-0.2, -0.15) is 4.31 Å². The first-order valence-electron chi connectivity index (χ1n) is 5.96. The molecule has 0 radical (unpaired) electrons. The predicted octanol–water partition coefficient (Wildman–Crippen LogP) is 1.68. The Morgan fingerprint density at radius 2 is 2.06 bits per heavy atom. The summed E-state index contributed by atoms with van der Waals surface area (Å²) in [6, 6.07) is 4.34. The Hall–Kier alpha value is -0.140. The van der Waals surface area contributed by atoms with Gasteiger partial charge in [0.15, 0.2) is 0 Å². The minimum atomic E-state index is -3.25. The molecule has 0 aromatic carbocycles. The second-order valence-electron chi connectivity index (χ2n) is 4.72. The van der Waals surface area contributed by atoms with E-state index in [0.29, 0.717) is 29.4 Å². The van der Waals surface area contributed by atoms with Crippen LogP contribution in [-0.2, 0) is 10.0 Å². The molecule has 0 saturated carbocycles. The van der Waals surface area contributed by atoms with Gasteiger partial charge in [-0.15, -0.1) is 23.7 Å². The number of fused-ring (bicyclic) bond motifs is 2. The standard InChI is InChI=1S/C11H16N2O2S2.ClH/c14-17(15,11-2-1-7-16-11)13-6-5-9-3-4-10(8-13)12-9;/h1-2,7,9-10,12H,3-6,8H2;1H. The van der Waals surface area contributed by atoms with E-state index in [0.717, 1.165) is 12.8 Å². The maximum absolute atomic E-state index is 12.4. The third kappa shape index (κ3) is 2.58. The number of nitrogens with zero attached hydrogens (tertiary/aromatic N) is 1. The molecular weight excluding hydrogens is 292 g/mol. The van der Waals surface area contributed by atoms with Crippen LogP contribution >= 0.6 is 23.7 Å². The Labute approximate surface area is 118 Å². The van der Waals surface area contributed by atoms with E-state index in [9.17, 15) is 8.42 Å². The molecule has 2 atom stereocenters. The zero-order chi connectivity index (χ0) is 11.9. The van der Waals surface area contributed by atoms with Crippen molar-refractivity contribution in [2.45, 2.75) is 35.6 Å². The maximum Gasteiger partial charge on any atom is 0.252 e. The molecule has 0 spiro atoms. The lowest BCUT2D eigenvalue weighted by molar-refractivity contribution is 0.384. The second kappa shape index (κ2) is 5.46. The first-order valence-corrected chi connectivity index (χ1v) is 8.28. The Kier molecular flexibility index (Phi) is 4.33. The summed E-state index contributed by atoms with van der Waals surface area (Å²) in [7, 11) is -3.25. The van der Waals surface area contributed by atoms with Gasteiger partial charge in [-0.05, 0) is 30.7 Å². The molecule has 0 amide bonds. The van der Waals surface area contributed by atoms with Crippen LogP contribution < -0.4 is 5.32 Å². The minimum absolute atomic E-state index is 0. The molecule has 3 rings (SSSR count). The molecule has 1 aromatic heterocycles. The van der Waals surface area contributed by atoms with E-state index in [4.69, 9.17) is 0 Å². The maximum atomic E-state index is 12.4. The number of nitrogens with one attached hydrogen (secondary N) is 1. The lowest BCUT2D eigenvalue weighted by atomic mass is 10.1. The van der Waals surface area contributed by atoms with Crippen molar-refractivity contribution in [3.05, 3.63) is 17.5 Å². The molecule has 2 aliphatic rings. The largest absolute Gasteiger partial charge is 0.310 e. The predicted molar refractivity (Wildman–Crippen MR) is 74.9 cm³/mol. The van der Waals surface area contributed by atoms with Crippen molar-refractivity contribution in [3.63, 3.8) is 0 Å². The monoisotopic (exact) mass is 308 g/mol. The highest BCUT2D eigenvalue weighted by Gasteiger charge is 2.35. The molecular formula is C11H17ClN2O2S2. The summed E-state index contributed by atoms with van der Waals surface area (Å²) in [6.45, 7) is 1.27. The van der Waals surface area contributed by atoms with Crippen molar-refractivity contribution < 1.29 is 8.42 Å². The van der Waals surface area contributed by atoms with Gasteiger partial charge in [0.1, 0.15) is 4.21 Å².